The molecule has 4 aromatic rings. The third kappa shape index (κ3) is 3.37. The lowest BCUT2D eigenvalue weighted by molar-refractivity contribution is 0.0940. The molecule has 0 atom stereocenters. The van der Waals surface area contributed by atoms with Gasteiger partial charge in [-0.15, -0.1) is 0 Å². The van der Waals surface area contributed by atoms with Crippen molar-refractivity contribution in [3.8, 4) is 17.0 Å². The molecule has 27 heavy (non-hydrogen) atoms. The third-order valence-corrected chi connectivity index (χ3v) is 4.29. The Morgan fingerprint density at radius 2 is 1.96 bits per heavy atom. The molecule has 1 amide bonds. The smallest absolute Gasteiger partial charge is 0.287 e. The molecule has 1 N–H and O–H groups in total. The lowest BCUT2D eigenvalue weighted by Gasteiger charge is -2.04. The number of pyridine rings is 2. The Labute approximate surface area is 156 Å². The van der Waals surface area contributed by atoms with Gasteiger partial charge in [0.1, 0.15) is 5.75 Å². The molecule has 0 aliphatic carbocycles. The molecule has 3 heterocycles. The van der Waals surface area contributed by atoms with E-state index in [1.165, 1.54) is 0 Å². The molecule has 6 nitrogen and oxygen atoms in total. The lowest BCUT2D eigenvalue weighted by Crippen LogP contribution is -2.25. The number of hydrogen-bond acceptors (Lipinski definition) is 4. The van der Waals surface area contributed by atoms with Crippen molar-refractivity contribution in [3.05, 3.63) is 84.6 Å². The standard InChI is InChI=1S/C21H18N4O2/c1-27-17-9-7-16(8-10-17)19-18-6-2-3-12-25(18)20(24-19)21(26)23-14-15-5-4-11-22-13-15/h2-13H,14H2,1H3,(H,23,26). The Kier molecular flexibility index (Phi) is 4.53. The van der Waals surface area contributed by atoms with Crippen molar-refractivity contribution in [2.45, 2.75) is 6.54 Å². The number of aromatic nitrogens is 3. The van der Waals surface area contributed by atoms with E-state index in [2.05, 4.69) is 15.3 Å². The molecule has 134 valence electrons. The fourth-order valence-corrected chi connectivity index (χ4v) is 2.92. The van der Waals surface area contributed by atoms with Gasteiger partial charge in [0.25, 0.3) is 5.91 Å². The van der Waals surface area contributed by atoms with E-state index in [1.54, 1.807) is 23.9 Å². The number of ether oxygens (including phenoxy) is 1. The first-order valence-corrected chi connectivity index (χ1v) is 8.55. The zero-order chi connectivity index (χ0) is 18.6. The van der Waals surface area contributed by atoms with Crippen LogP contribution < -0.4 is 10.1 Å². The number of methoxy groups -OCH3 is 1. The number of fused-ring (bicyclic) bond motifs is 1. The summed E-state index contributed by atoms with van der Waals surface area (Å²) < 4.78 is 7.02. The first-order chi connectivity index (χ1) is 13.3. The molecule has 0 fully saturated rings. The van der Waals surface area contributed by atoms with Crippen LogP contribution in [0.1, 0.15) is 16.2 Å². The van der Waals surface area contributed by atoms with Crippen molar-refractivity contribution >= 4 is 11.4 Å². The summed E-state index contributed by atoms with van der Waals surface area (Å²) in [6.07, 6.45) is 5.27. The minimum atomic E-state index is -0.236. The summed E-state index contributed by atoms with van der Waals surface area (Å²) in [6, 6.07) is 17.2. The van der Waals surface area contributed by atoms with Crippen LogP contribution in [0.15, 0.2) is 73.2 Å². The average molecular weight is 358 g/mol. The Hall–Kier alpha value is -3.67. The molecule has 0 radical (unpaired) electrons. The average Bonchev–Trinajstić information content (AvgIpc) is 3.13. The number of nitrogens with zero attached hydrogens (tertiary/aromatic N) is 3. The Morgan fingerprint density at radius 3 is 2.70 bits per heavy atom. The molecule has 0 aliphatic rings. The van der Waals surface area contributed by atoms with Crippen molar-refractivity contribution in [3.63, 3.8) is 0 Å². The van der Waals surface area contributed by atoms with Crippen molar-refractivity contribution in [2.24, 2.45) is 0 Å². The van der Waals surface area contributed by atoms with E-state index in [1.807, 2.05) is 60.8 Å². The number of carbonyl (C=O) groups is 1. The molecule has 0 saturated heterocycles. The van der Waals surface area contributed by atoms with Crippen LogP contribution in [0.2, 0.25) is 0 Å². The van der Waals surface area contributed by atoms with E-state index in [9.17, 15) is 4.79 Å². The van der Waals surface area contributed by atoms with Crippen LogP contribution >= 0.6 is 0 Å². The van der Waals surface area contributed by atoms with Gasteiger partial charge in [0.05, 0.1) is 18.3 Å². The molecule has 6 heteroatoms. The molecular weight excluding hydrogens is 340 g/mol. The van der Waals surface area contributed by atoms with E-state index in [0.717, 1.165) is 28.1 Å². The van der Waals surface area contributed by atoms with Crippen LogP contribution in [-0.4, -0.2) is 27.4 Å². The molecule has 0 saturated carbocycles. The topological polar surface area (TPSA) is 68.5 Å². The molecule has 1 aromatic carbocycles. The molecule has 4 rings (SSSR count). The second-order valence-electron chi connectivity index (χ2n) is 6.01. The van der Waals surface area contributed by atoms with Gasteiger partial charge in [0.15, 0.2) is 0 Å². The first kappa shape index (κ1) is 16.8. The van der Waals surface area contributed by atoms with Crippen molar-refractivity contribution < 1.29 is 9.53 Å². The van der Waals surface area contributed by atoms with Gasteiger partial charge >= 0.3 is 0 Å². The highest BCUT2D eigenvalue weighted by Gasteiger charge is 2.18. The monoisotopic (exact) mass is 358 g/mol. The minimum Gasteiger partial charge on any atom is -0.497 e. The second kappa shape index (κ2) is 7.29. The first-order valence-electron chi connectivity index (χ1n) is 8.55. The highest BCUT2D eigenvalue weighted by Crippen LogP contribution is 2.26. The minimum absolute atomic E-state index is 0.236. The SMILES string of the molecule is COc1ccc(-c2nc(C(=O)NCc3cccnc3)n3ccccc23)cc1. The Balaban J connectivity index is 1.67. The molecule has 0 unspecified atom stereocenters. The number of benzene rings is 1. The maximum absolute atomic E-state index is 12.7. The predicted molar refractivity (Wildman–Crippen MR) is 103 cm³/mol. The highest BCUT2D eigenvalue weighted by atomic mass is 16.5. The summed E-state index contributed by atoms with van der Waals surface area (Å²) >= 11 is 0. The zero-order valence-electron chi connectivity index (χ0n) is 14.8. The number of carbonyl (C=O) groups excluding carboxylic acids is 1. The van der Waals surface area contributed by atoms with Crippen LogP contribution in [0.3, 0.4) is 0 Å². The van der Waals surface area contributed by atoms with Gasteiger partial charge in [-0.25, -0.2) is 4.98 Å². The van der Waals surface area contributed by atoms with Crippen molar-refractivity contribution in [1.29, 1.82) is 0 Å². The molecule has 0 bridgehead atoms. The Morgan fingerprint density at radius 1 is 1.11 bits per heavy atom. The van der Waals surface area contributed by atoms with Crippen molar-refractivity contribution in [1.82, 2.24) is 19.7 Å². The largest absolute Gasteiger partial charge is 0.497 e. The van der Waals surface area contributed by atoms with E-state index < -0.39 is 0 Å². The Bertz CT molecular complexity index is 1070. The summed E-state index contributed by atoms with van der Waals surface area (Å²) in [4.78, 5) is 21.4. The predicted octanol–water partition coefficient (Wildman–Crippen LogP) is 3.33. The van der Waals surface area contributed by atoms with E-state index in [-0.39, 0.29) is 5.91 Å². The molecular formula is C21H18N4O2. The van der Waals surface area contributed by atoms with Gasteiger partial charge in [-0.3, -0.25) is 14.2 Å². The lowest BCUT2D eigenvalue weighted by atomic mass is 10.1. The number of rotatable bonds is 5. The summed E-state index contributed by atoms with van der Waals surface area (Å²) in [7, 11) is 1.63. The van der Waals surface area contributed by atoms with Gasteiger partial charge in [-0.1, -0.05) is 12.1 Å². The van der Waals surface area contributed by atoms with E-state index >= 15 is 0 Å². The van der Waals surface area contributed by atoms with Crippen LogP contribution in [-0.2, 0) is 6.54 Å². The normalized spacial score (nSPS) is 10.7. The quantitative estimate of drug-likeness (QED) is 0.594. The fourth-order valence-electron chi connectivity index (χ4n) is 2.92. The van der Waals surface area contributed by atoms with Crippen LogP contribution in [0, 0.1) is 0 Å². The van der Waals surface area contributed by atoms with Gasteiger partial charge < -0.3 is 10.1 Å². The van der Waals surface area contributed by atoms with E-state index in [4.69, 9.17) is 4.74 Å². The van der Waals surface area contributed by atoms with Gasteiger partial charge in [0.2, 0.25) is 5.82 Å². The summed E-state index contributed by atoms with van der Waals surface area (Å²) in [5.41, 5.74) is 3.48. The summed E-state index contributed by atoms with van der Waals surface area (Å²) in [6.45, 7) is 0.395. The molecule has 0 aliphatic heterocycles. The molecule has 0 spiro atoms. The summed E-state index contributed by atoms with van der Waals surface area (Å²) in [5.74, 6) is 0.886. The second-order valence-corrected chi connectivity index (χ2v) is 6.01. The van der Waals surface area contributed by atoms with Crippen LogP contribution in [0.4, 0.5) is 0 Å². The fraction of sp³-hybridized carbons (Fsp3) is 0.0952. The maximum atomic E-state index is 12.7. The summed E-state index contributed by atoms with van der Waals surface area (Å²) in [5, 5.41) is 2.91. The van der Waals surface area contributed by atoms with E-state index in [0.29, 0.717) is 12.4 Å². The molecule has 3 aromatic heterocycles. The van der Waals surface area contributed by atoms with Crippen molar-refractivity contribution in [2.75, 3.05) is 7.11 Å². The van der Waals surface area contributed by atoms with Gasteiger partial charge in [-0.2, -0.15) is 0 Å². The van der Waals surface area contributed by atoms with Crippen LogP contribution in [0.25, 0.3) is 16.8 Å². The number of hydrogen-bond donors (Lipinski definition) is 1. The van der Waals surface area contributed by atoms with Gasteiger partial charge in [-0.05, 0) is 48.0 Å². The van der Waals surface area contributed by atoms with Gasteiger partial charge in [0, 0.05) is 30.7 Å². The maximum Gasteiger partial charge on any atom is 0.287 e. The number of amides is 1. The van der Waals surface area contributed by atoms with Crippen LogP contribution in [0.5, 0.6) is 5.75 Å². The highest BCUT2D eigenvalue weighted by molar-refractivity contribution is 5.94. The zero-order valence-corrected chi connectivity index (χ0v) is 14.8. The number of nitrogens with one attached hydrogen (secondary N) is 1. The third-order valence-electron chi connectivity index (χ3n) is 4.29. The number of imidazole rings is 1.